The van der Waals surface area contributed by atoms with Gasteiger partial charge in [-0.3, -0.25) is 0 Å². The van der Waals surface area contributed by atoms with Gasteiger partial charge in [0.05, 0.1) is 6.21 Å². The van der Waals surface area contributed by atoms with Gasteiger partial charge in [0, 0.05) is 18.6 Å². The molecule has 0 radical (unpaired) electrons. The Labute approximate surface area is 95.4 Å². The van der Waals surface area contributed by atoms with E-state index >= 15 is 0 Å². The largest absolute Gasteiger partial charge is 0.448 e. The van der Waals surface area contributed by atoms with Gasteiger partial charge in [-0.25, -0.2) is 4.98 Å². The van der Waals surface area contributed by atoms with E-state index in [-0.39, 0.29) is 0 Å². The maximum absolute atomic E-state index is 5.50. The summed E-state index contributed by atoms with van der Waals surface area (Å²) in [4.78, 5) is 4.16. The van der Waals surface area contributed by atoms with Crippen molar-refractivity contribution in [1.82, 2.24) is 10.4 Å². The molecule has 0 unspecified atom stereocenters. The lowest BCUT2D eigenvalue weighted by molar-refractivity contribution is 0.468. The summed E-state index contributed by atoms with van der Waals surface area (Å²) in [7, 11) is 1.74. The van der Waals surface area contributed by atoms with E-state index < -0.39 is 0 Å². The Bertz CT molecular complexity index is 436. The van der Waals surface area contributed by atoms with Crippen molar-refractivity contribution in [2.45, 2.75) is 9.43 Å². The normalized spacial score (nSPS) is 11.0. The third-order valence-corrected chi connectivity index (χ3v) is 3.32. The van der Waals surface area contributed by atoms with E-state index in [2.05, 4.69) is 15.5 Å². The quantitative estimate of drug-likeness (QED) is 0.657. The molecule has 0 fully saturated rings. The van der Waals surface area contributed by atoms with Crippen LogP contribution in [0.2, 0.25) is 0 Å². The van der Waals surface area contributed by atoms with Gasteiger partial charge in [0.1, 0.15) is 5.76 Å². The lowest BCUT2D eigenvalue weighted by Crippen LogP contribution is -1.93. The number of hydrazone groups is 1. The molecule has 0 spiro atoms. The second-order valence-electron chi connectivity index (χ2n) is 2.54. The molecule has 1 N–H and O–H groups in total. The second-order valence-corrected chi connectivity index (χ2v) is 4.68. The molecule has 78 valence electrons. The monoisotopic (exact) mass is 239 g/mol. The zero-order valence-corrected chi connectivity index (χ0v) is 9.64. The molecule has 6 heteroatoms. The van der Waals surface area contributed by atoms with Crippen LogP contribution in [-0.4, -0.2) is 18.2 Å². The third kappa shape index (κ3) is 2.84. The van der Waals surface area contributed by atoms with Gasteiger partial charge in [0.15, 0.2) is 9.43 Å². The van der Waals surface area contributed by atoms with Crippen LogP contribution in [-0.2, 0) is 0 Å². The van der Waals surface area contributed by atoms with E-state index in [1.54, 1.807) is 30.8 Å². The Morgan fingerprint density at radius 1 is 1.60 bits per heavy atom. The van der Waals surface area contributed by atoms with E-state index in [1.165, 1.54) is 11.8 Å². The van der Waals surface area contributed by atoms with E-state index in [0.29, 0.717) is 0 Å². The van der Waals surface area contributed by atoms with Crippen LogP contribution in [0.25, 0.3) is 0 Å². The summed E-state index contributed by atoms with van der Waals surface area (Å²) in [6.45, 7) is 0. The summed E-state index contributed by atoms with van der Waals surface area (Å²) in [5.41, 5.74) is 2.66. The molecule has 2 heterocycles. The number of nitrogens with one attached hydrogen (secondary N) is 1. The van der Waals surface area contributed by atoms with Gasteiger partial charge in [0.25, 0.3) is 0 Å². The smallest absolute Gasteiger partial charge is 0.168 e. The maximum Gasteiger partial charge on any atom is 0.168 e. The average molecular weight is 239 g/mol. The van der Waals surface area contributed by atoms with Crippen molar-refractivity contribution in [3.05, 3.63) is 29.5 Å². The van der Waals surface area contributed by atoms with Gasteiger partial charge in [-0.1, -0.05) is 0 Å². The molecule has 2 rings (SSSR count). The number of aromatic nitrogens is 1. The van der Waals surface area contributed by atoms with Gasteiger partial charge in [-0.05, 0) is 23.9 Å². The Morgan fingerprint density at radius 2 is 2.53 bits per heavy atom. The van der Waals surface area contributed by atoms with Crippen molar-refractivity contribution < 1.29 is 4.42 Å². The Balaban J connectivity index is 2.04. The standard InChI is InChI=1S/C9H9N3OS2/c1-10-12-6-7-2-3-8(13-7)15-9-11-4-5-14-9/h2-6,10H,1H3/b12-6+. The zero-order valence-electron chi connectivity index (χ0n) is 8.01. The molecular formula is C9H9N3OS2. The summed E-state index contributed by atoms with van der Waals surface area (Å²) in [6, 6.07) is 3.78. The molecule has 15 heavy (non-hydrogen) atoms. The summed E-state index contributed by atoms with van der Waals surface area (Å²) in [6.07, 6.45) is 3.41. The average Bonchev–Trinajstić information content (AvgIpc) is 2.87. The highest BCUT2D eigenvalue weighted by molar-refractivity contribution is 8.00. The van der Waals surface area contributed by atoms with Crippen molar-refractivity contribution in [2.75, 3.05) is 7.05 Å². The molecule has 2 aromatic rings. The van der Waals surface area contributed by atoms with Crippen LogP contribution in [0.5, 0.6) is 0 Å². The molecule has 0 aliphatic rings. The fraction of sp³-hybridized carbons (Fsp3) is 0.111. The Hall–Kier alpha value is -1.27. The summed E-state index contributed by atoms with van der Waals surface area (Å²) >= 11 is 3.10. The van der Waals surface area contributed by atoms with Crippen LogP contribution in [0.15, 0.2) is 42.7 Å². The predicted octanol–water partition coefficient (Wildman–Crippen LogP) is 2.44. The van der Waals surface area contributed by atoms with Crippen LogP contribution in [0.1, 0.15) is 5.76 Å². The van der Waals surface area contributed by atoms with Crippen LogP contribution < -0.4 is 5.43 Å². The highest BCUT2D eigenvalue weighted by Crippen LogP contribution is 2.29. The minimum atomic E-state index is 0.725. The summed E-state index contributed by atoms with van der Waals surface area (Å²) in [5, 5.41) is 6.62. The SMILES string of the molecule is CN/N=C/c1ccc(Sc2nccs2)o1. The third-order valence-electron chi connectivity index (χ3n) is 1.52. The zero-order chi connectivity index (χ0) is 10.5. The van der Waals surface area contributed by atoms with Crippen LogP contribution in [0.4, 0.5) is 0 Å². The molecule has 0 bridgehead atoms. The fourth-order valence-corrected chi connectivity index (χ4v) is 2.46. The molecule has 0 saturated carbocycles. The van der Waals surface area contributed by atoms with Gasteiger partial charge >= 0.3 is 0 Å². The van der Waals surface area contributed by atoms with E-state index in [4.69, 9.17) is 4.42 Å². The Morgan fingerprint density at radius 3 is 3.27 bits per heavy atom. The van der Waals surface area contributed by atoms with Crippen molar-refractivity contribution in [2.24, 2.45) is 5.10 Å². The van der Waals surface area contributed by atoms with Crippen molar-refractivity contribution in [3.63, 3.8) is 0 Å². The first-order valence-corrected chi connectivity index (χ1v) is 5.95. The van der Waals surface area contributed by atoms with Crippen molar-refractivity contribution in [3.8, 4) is 0 Å². The highest BCUT2D eigenvalue weighted by atomic mass is 32.2. The van der Waals surface area contributed by atoms with E-state index in [1.807, 2.05) is 17.5 Å². The molecule has 0 aliphatic carbocycles. The molecule has 0 aromatic carbocycles. The van der Waals surface area contributed by atoms with Crippen LogP contribution in [0.3, 0.4) is 0 Å². The minimum Gasteiger partial charge on any atom is -0.448 e. The number of hydrogen-bond acceptors (Lipinski definition) is 6. The number of nitrogens with zero attached hydrogens (tertiary/aromatic N) is 2. The van der Waals surface area contributed by atoms with Crippen molar-refractivity contribution in [1.29, 1.82) is 0 Å². The predicted molar refractivity (Wildman–Crippen MR) is 61.6 cm³/mol. The van der Waals surface area contributed by atoms with Crippen LogP contribution >= 0.6 is 23.1 Å². The van der Waals surface area contributed by atoms with Crippen molar-refractivity contribution >= 4 is 29.3 Å². The Kier molecular flexibility index (Phi) is 3.41. The molecule has 0 amide bonds. The second kappa shape index (κ2) is 4.99. The van der Waals surface area contributed by atoms with E-state index in [9.17, 15) is 0 Å². The molecule has 0 atom stereocenters. The number of furan rings is 1. The molecule has 4 nitrogen and oxygen atoms in total. The maximum atomic E-state index is 5.50. The lowest BCUT2D eigenvalue weighted by atomic mass is 10.5. The summed E-state index contributed by atoms with van der Waals surface area (Å²) < 4.78 is 6.47. The fourth-order valence-electron chi connectivity index (χ4n) is 0.934. The van der Waals surface area contributed by atoms with Gasteiger partial charge in [0.2, 0.25) is 0 Å². The lowest BCUT2D eigenvalue weighted by Gasteiger charge is -1.90. The summed E-state index contributed by atoms with van der Waals surface area (Å²) in [5.74, 6) is 0.725. The first-order chi connectivity index (χ1) is 7.38. The molecule has 0 saturated heterocycles. The highest BCUT2D eigenvalue weighted by Gasteiger charge is 2.04. The minimum absolute atomic E-state index is 0.725. The van der Waals surface area contributed by atoms with Gasteiger partial charge < -0.3 is 9.84 Å². The first-order valence-electron chi connectivity index (χ1n) is 4.25. The number of hydrogen-bond donors (Lipinski definition) is 1. The van der Waals surface area contributed by atoms with Gasteiger partial charge in [-0.15, -0.1) is 11.3 Å². The number of rotatable bonds is 4. The molecular weight excluding hydrogens is 230 g/mol. The van der Waals surface area contributed by atoms with Crippen LogP contribution in [0, 0.1) is 0 Å². The molecule has 0 aliphatic heterocycles. The topological polar surface area (TPSA) is 50.4 Å². The van der Waals surface area contributed by atoms with E-state index in [0.717, 1.165) is 15.2 Å². The first kappa shape index (κ1) is 10.3. The molecule has 2 aromatic heterocycles. The van der Waals surface area contributed by atoms with Gasteiger partial charge in [-0.2, -0.15) is 5.10 Å². The number of thiazole rings is 1.